The highest BCUT2D eigenvalue weighted by Crippen LogP contribution is 2.62. The van der Waals surface area contributed by atoms with Crippen LogP contribution in [0.4, 0.5) is 0 Å². The summed E-state index contributed by atoms with van der Waals surface area (Å²) in [6.07, 6.45) is 15.0. The molecule has 1 spiro atoms. The van der Waals surface area contributed by atoms with Crippen molar-refractivity contribution in [2.45, 2.75) is 91.9 Å². The van der Waals surface area contributed by atoms with Crippen LogP contribution in [0, 0.1) is 13.8 Å². The molecule has 0 heterocycles. The van der Waals surface area contributed by atoms with E-state index in [1.165, 1.54) is 77.9 Å². The van der Waals surface area contributed by atoms with Crippen molar-refractivity contribution in [2.24, 2.45) is 5.73 Å². The smallest absolute Gasteiger partial charge is 0.0719 e. The van der Waals surface area contributed by atoms with Gasteiger partial charge in [0.05, 0.1) is 5.41 Å². The molecule has 10 rings (SSSR count). The van der Waals surface area contributed by atoms with Gasteiger partial charge in [-0.1, -0.05) is 216 Å². The molecule has 0 bridgehead atoms. The van der Waals surface area contributed by atoms with Crippen LogP contribution in [0.25, 0.3) is 22.3 Å². The third-order valence-electron chi connectivity index (χ3n) is 12.0. The van der Waals surface area contributed by atoms with E-state index in [0.717, 1.165) is 31.4 Å². The summed E-state index contributed by atoms with van der Waals surface area (Å²) in [5, 5.41) is 0. The van der Waals surface area contributed by atoms with Crippen LogP contribution in [-0.2, 0) is 10.8 Å². The van der Waals surface area contributed by atoms with Gasteiger partial charge in [-0.05, 0) is 118 Å². The van der Waals surface area contributed by atoms with Crippen molar-refractivity contribution < 1.29 is 0 Å². The second kappa shape index (κ2) is 19.2. The van der Waals surface area contributed by atoms with E-state index in [0.29, 0.717) is 0 Å². The highest BCUT2D eigenvalue weighted by Gasteiger charge is 2.53. The van der Waals surface area contributed by atoms with E-state index in [-0.39, 0.29) is 10.8 Å². The summed E-state index contributed by atoms with van der Waals surface area (Å²) in [6.45, 7) is 17.0. The molecule has 0 saturated carbocycles. The fraction of sp³-hybridized carbons (Fsp3) is 0.241. The lowest BCUT2D eigenvalue weighted by atomic mass is 9.55. The summed E-state index contributed by atoms with van der Waals surface area (Å²) in [7, 11) is 0. The van der Waals surface area contributed by atoms with Crippen molar-refractivity contribution in [3.05, 3.63) is 237 Å². The number of hydrogen-bond donors (Lipinski definition) is 1. The molecule has 1 heteroatoms. The van der Waals surface area contributed by atoms with E-state index in [4.69, 9.17) is 5.73 Å². The second-order valence-electron chi connectivity index (χ2n) is 15.9. The summed E-state index contributed by atoms with van der Waals surface area (Å²) >= 11 is 0. The van der Waals surface area contributed by atoms with Crippen molar-refractivity contribution in [3.8, 4) is 11.1 Å². The fourth-order valence-electron chi connectivity index (χ4n) is 9.11. The number of aryl methyl sites for hydroxylation is 2. The maximum absolute atomic E-state index is 5.44. The van der Waals surface area contributed by atoms with Crippen LogP contribution in [0.1, 0.15) is 123 Å². The molecular formula is C58H63N. The van der Waals surface area contributed by atoms with E-state index in [1.54, 1.807) is 0 Å². The topological polar surface area (TPSA) is 26.0 Å². The lowest BCUT2D eigenvalue weighted by molar-refractivity contribution is 0.563. The minimum atomic E-state index is -0.313. The summed E-state index contributed by atoms with van der Waals surface area (Å²) in [6, 6.07) is 54.0. The van der Waals surface area contributed by atoms with Gasteiger partial charge in [0.1, 0.15) is 0 Å². The molecule has 0 saturated heterocycles. The average Bonchev–Trinajstić information content (AvgIpc) is 3.59. The lowest BCUT2D eigenvalue weighted by Crippen LogP contribution is -2.40. The Kier molecular flexibility index (Phi) is 13.9. The Hall–Kier alpha value is -5.92. The van der Waals surface area contributed by atoms with Gasteiger partial charge in [0.15, 0.2) is 0 Å². The zero-order chi connectivity index (χ0) is 42.0. The number of fused-ring (bicyclic) bond motifs is 9. The predicted octanol–water partition coefficient (Wildman–Crippen LogP) is 15.5. The molecule has 1 nitrogen and oxygen atoms in total. The molecular weight excluding hydrogens is 711 g/mol. The maximum Gasteiger partial charge on any atom is 0.0719 e. The second-order valence-corrected chi connectivity index (χ2v) is 15.9. The predicted molar refractivity (Wildman–Crippen MR) is 257 cm³/mol. The number of benzene rings is 6. The molecule has 4 aliphatic rings. The third-order valence-corrected chi connectivity index (χ3v) is 12.0. The van der Waals surface area contributed by atoms with Crippen LogP contribution in [-0.4, -0.2) is 0 Å². The van der Waals surface area contributed by atoms with Crippen LogP contribution >= 0.6 is 0 Å². The van der Waals surface area contributed by atoms with Crippen LogP contribution in [0.15, 0.2) is 182 Å². The van der Waals surface area contributed by atoms with Crippen molar-refractivity contribution >= 4 is 11.1 Å². The molecule has 0 fully saturated rings. The lowest BCUT2D eigenvalue weighted by Gasteiger charge is -2.46. The Bertz CT molecular complexity index is 2420. The summed E-state index contributed by atoms with van der Waals surface area (Å²) in [4.78, 5) is 0. The number of rotatable bonds is 2. The minimum Gasteiger partial charge on any atom is -0.402 e. The zero-order valence-electron chi connectivity index (χ0n) is 36.6. The molecule has 300 valence electrons. The van der Waals surface area contributed by atoms with Crippen LogP contribution in [0.2, 0.25) is 0 Å². The van der Waals surface area contributed by atoms with Crippen molar-refractivity contribution in [1.29, 1.82) is 0 Å². The summed E-state index contributed by atoms with van der Waals surface area (Å²) in [5.41, 5.74) is 25.5. The Labute approximate surface area is 355 Å². The van der Waals surface area contributed by atoms with Crippen molar-refractivity contribution in [2.75, 3.05) is 0 Å². The van der Waals surface area contributed by atoms with Crippen LogP contribution < -0.4 is 5.73 Å². The van der Waals surface area contributed by atoms with Gasteiger partial charge in [-0.25, -0.2) is 0 Å². The van der Waals surface area contributed by atoms with Gasteiger partial charge in [-0.15, -0.1) is 0 Å². The zero-order valence-corrected chi connectivity index (χ0v) is 36.6. The van der Waals surface area contributed by atoms with Gasteiger partial charge in [-0.3, -0.25) is 0 Å². The molecule has 0 aromatic heterocycles. The Morgan fingerprint density at radius 1 is 0.441 bits per heavy atom. The SMILES string of the molecule is CC.CC.Cc1ccc(C2=CC=C(c3ccc4c(c3)-c3ccccc3C43c4ccccc4C(C)(C)c4ccccc43)CC2)cc1.Cc1ccccc1.NC1=CC=CCC1. The van der Waals surface area contributed by atoms with Gasteiger partial charge in [0.25, 0.3) is 0 Å². The van der Waals surface area contributed by atoms with E-state index >= 15 is 0 Å². The largest absolute Gasteiger partial charge is 0.402 e. The van der Waals surface area contributed by atoms with Gasteiger partial charge in [0.2, 0.25) is 0 Å². The molecule has 59 heavy (non-hydrogen) atoms. The molecule has 0 unspecified atom stereocenters. The monoisotopic (exact) mass is 773 g/mol. The van der Waals surface area contributed by atoms with Crippen LogP contribution in [0.5, 0.6) is 0 Å². The first-order chi connectivity index (χ1) is 28.8. The normalized spacial score (nSPS) is 15.4. The summed E-state index contributed by atoms with van der Waals surface area (Å²) < 4.78 is 0. The molecule has 0 atom stereocenters. The van der Waals surface area contributed by atoms with Crippen LogP contribution in [0.3, 0.4) is 0 Å². The van der Waals surface area contributed by atoms with Gasteiger partial charge < -0.3 is 5.73 Å². The number of allylic oxidation sites excluding steroid dienone is 8. The molecule has 0 amide bonds. The van der Waals surface area contributed by atoms with E-state index in [2.05, 4.69) is 173 Å². The maximum atomic E-state index is 5.44. The van der Waals surface area contributed by atoms with E-state index in [9.17, 15) is 0 Å². The molecule has 4 aliphatic carbocycles. The first kappa shape index (κ1) is 42.7. The Balaban J connectivity index is 0.000000272. The van der Waals surface area contributed by atoms with E-state index in [1.807, 2.05) is 58.0 Å². The highest BCUT2D eigenvalue weighted by molar-refractivity contribution is 5.90. The van der Waals surface area contributed by atoms with Gasteiger partial charge in [-0.2, -0.15) is 0 Å². The van der Waals surface area contributed by atoms with Crippen molar-refractivity contribution in [1.82, 2.24) is 0 Å². The first-order valence-electron chi connectivity index (χ1n) is 21.8. The Morgan fingerprint density at radius 3 is 1.41 bits per heavy atom. The average molecular weight is 774 g/mol. The quantitative estimate of drug-likeness (QED) is 0.186. The number of hydrogen-bond acceptors (Lipinski definition) is 1. The number of nitrogens with two attached hydrogens (primary N) is 1. The van der Waals surface area contributed by atoms with Crippen molar-refractivity contribution in [3.63, 3.8) is 0 Å². The van der Waals surface area contributed by atoms with Gasteiger partial charge >= 0.3 is 0 Å². The minimum absolute atomic E-state index is 0.0650. The Morgan fingerprint density at radius 2 is 0.915 bits per heavy atom. The van der Waals surface area contributed by atoms with Gasteiger partial charge in [0, 0.05) is 11.1 Å². The molecule has 6 aromatic carbocycles. The first-order valence-corrected chi connectivity index (χ1v) is 21.8. The van der Waals surface area contributed by atoms with E-state index < -0.39 is 0 Å². The standard InChI is InChI=1S/C41H34.C7H8.C6H9N.2C2H6/c1-27-16-18-28(19-17-27)29-20-22-30(23-21-29)31-24-25-35-33(26-31)32-10-4-5-11-34(32)41(35)38-14-8-6-12-36(38)40(2,3)37-13-7-9-15-39(37)41;1-7-5-3-2-4-6-7;7-6-4-2-1-3-5-6;2*1-2/h4-20,22,24-26H,21,23H2,1-3H3;2-6H,1H3;1-2,4H,3,5,7H2;2*1-2H3. The third kappa shape index (κ3) is 8.48. The molecule has 6 aromatic rings. The highest BCUT2D eigenvalue weighted by atomic mass is 14.6. The molecule has 0 aliphatic heterocycles. The molecule has 0 radical (unpaired) electrons. The fourth-order valence-corrected chi connectivity index (χ4v) is 9.11. The summed E-state index contributed by atoms with van der Waals surface area (Å²) in [5.74, 6) is 0. The molecule has 2 N–H and O–H groups in total.